The van der Waals surface area contributed by atoms with E-state index in [4.69, 9.17) is 11.6 Å². The van der Waals surface area contributed by atoms with E-state index in [1.54, 1.807) is 4.90 Å². The molecule has 0 atom stereocenters. The number of allylic oxidation sites excluding steroid dienone is 1. The van der Waals surface area contributed by atoms with Crippen LogP contribution in [0.2, 0.25) is 5.02 Å². The molecule has 1 aromatic carbocycles. The van der Waals surface area contributed by atoms with Gasteiger partial charge in [-0.2, -0.15) is 13.2 Å². The summed E-state index contributed by atoms with van der Waals surface area (Å²) < 4.78 is 39.5. The standard InChI is InChI=1S/C25H27ClF3N3O2S2/c1-3-4-11-35-15-16(2)23(33)31-9-7-30(8-10-31)18-13-32(14-18)24(34)22-21(26)19-6-5-17(25(27,28)29)12-20(19)36-22/h4-6,11-12,15,18H,3,7-10,13-14H2,1-2H3. The first-order valence-electron chi connectivity index (χ1n) is 11.7. The van der Waals surface area contributed by atoms with Crippen molar-refractivity contribution in [3.05, 3.63) is 56.1 Å². The van der Waals surface area contributed by atoms with Gasteiger partial charge >= 0.3 is 6.18 Å². The smallest absolute Gasteiger partial charge is 0.336 e. The molecule has 3 heterocycles. The minimum absolute atomic E-state index is 0.0468. The molecule has 194 valence electrons. The van der Waals surface area contributed by atoms with Crippen LogP contribution in [0, 0.1) is 0 Å². The fourth-order valence-electron chi connectivity index (χ4n) is 4.26. The number of halogens is 4. The number of rotatable bonds is 6. The Bertz CT molecular complexity index is 1200. The largest absolute Gasteiger partial charge is 0.416 e. The first kappa shape index (κ1) is 27.0. The molecule has 2 aromatic rings. The van der Waals surface area contributed by atoms with Gasteiger partial charge in [-0.05, 0) is 36.3 Å². The molecule has 2 saturated heterocycles. The number of likely N-dealkylation sites (tertiary alicyclic amines) is 1. The number of thioether (sulfide) groups is 1. The van der Waals surface area contributed by atoms with Crippen LogP contribution in [0.4, 0.5) is 13.2 Å². The van der Waals surface area contributed by atoms with Gasteiger partial charge in [0, 0.05) is 61.0 Å². The Labute approximate surface area is 221 Å². The van der Waals surface area contributed by atoms with Crippen molar-refractivity contribution in [3.8, 4) is 0 Å². The summed E-state index contributed by atoms with van der Waals surface area (Å²) in [6, 6.07) is 3.55. The van der Waals surface area contributed by atoms with E-state index in [2.05, 4.69) is 11.8 Å². The average molecular weight is 558 g/mol. The minimum atomic E-state index is -4.45. The van der Waals surface area contributed by atoms with Crippen LogP contribution in [0.25, 0.3) is 10.1 Å². The highest BCUT2D eigenvalue weighted by molar-refractivity contribution is 8.04. The van der Waals surface area contributed by atoms with Crippen molar-refractivity contribution in [2.45, 2.75) is 32.5 Å². The molecule has 11 heteroatoms. The van der Waals surface area contributed by atoms with Crippen LogP contribution >= 0.6 is 34.7 Å². The van der Waals surface area contributed by atoms with E-state index < -0.39 is 11.7 Å². The van der Waals surface area contributed by atoms with Gasteiger partial charge in [-0.1, -0.05) is 30.7 Å². The van der Waals surface area contributed by atoms with Gasteiger partial charge in [-0.15, -0.1) is 23.1 Å². The molecule has 0 bridgehead atoms. The maximum Gasteiger partial charge on any atom is 0.416 e. The molecule has 0 spiro atoms. The van der Waals surface area contributed by atoms with Crippen molar-refractivity contribution in [2.24, 2.45) is 0 Å². The summed E-state index contributed by atoms with van der Waals surface area (Å²) in [6.07, 6.45) is -1.45. The maximum atomic E-state index is 13.0. The van der Waals surface area contributed by atoms with E-state index in [1.165, 1.54) is 17.8 Å². The molecule has 1 aromatic heterocycles. The van der Waals surface area contributed by atoms with Crippen molar-refractivity contribution in [2.75, 3.05) is 39.3 Å². The number of piperazine rings is 1. The molecule has 4 rings (SSSR count). The van der Waals surface area contributed by atoms with Crippen molar-refractivity contribution in [1.82, 2.24) is 14.7 Å². The number of amides is 2. The minimum Gasteiger partial charge on any atom is -0.336 e. The number of fused-ring (bicyclic) bond motifs is 1. The van der Waals surface area contributed by atoms with E-state index in [-0.39, 0.29) is 27.8 Å². The van der Waals surface area contributed by atoms with Crippen molar-refractivity contribution < 1.29 is 22.8 Å². The van der Waals surface area contributed by atoms with Gasteiger partial charge in [-0.3, -0.25) is 14.5 Å². The Morgan fingerprint density at radius 2 is 1.86 bits per heavy atom. The van der Waals surface area contributed by atoms with Crippen molar-refractivity contribution in [3.63, 3.8) is 0 Å². The highest BCUT2D eigenvalue weighted by Gasteiger charge is 2.38. The molecule has 2 amide bonds. The lowest BCUT2D eigenvalue weighted by Gasteiger charge is -2.48. The lowest BCUT2D eigenvalue weighted by Crippen LogP contribution is -2.64. The fourth-order valence-corrected chi connectivity index (χ4v) is 6.46. The number of carbonyl (C=O) groups is 2. The highest BCUT2D eigenvalue weighted by atomic mass is 35.5. The van der Waals surface area contributed by atoms with Gasteiger partial charge in [0.2, 0.25) is 5.91 Å². The fraction of sp³-hybridized carbons (Fsp3) is 0.440. The van der Waals surface area contributed by atoms with Crippen LogP contribution in [0.5, 0.6) is 0 Å². The van der Waals surface area contributed by atoms with Gasteiger partial charge in [-0.25, -0.2) is 0 Å². The van der Waals surface area contributed by atoms with Crippen molar-refractivity contribution in [1.29, 1.82) is 0 Å². The summed E-state index contributed by atoms with van der Waals surface area (Å²) in [5.74, 6) is -0.208. The molecule has 0 N–H and O–H groups in total. The highest BCUT2D eigenvalue weighted by Crippen LogP contribution is 2.40. The van der Waals surface area contributed by atoms with Gasteiger partial charge in [0.15, 0.2) is 0 Å². The average Bonchev–Trinajstić information content (AvgIpc) is 3.16. The number of hydrogen-bond acceptors (Lipinski definition) is 5. The van der Waals surface area contributed by atoms with E-state index in [1.807, 2.05) is 28.7 Å². The first-order valence-corrected chi connectivity index (χ1v) is 13.8. The SMILES string of the molecule is CCC=CSC=C(C)C(=O)N1CCN(C2CN(C(=O)c3sc4cc(C(F)(F)F)ccc4c3Cl)C2)CC1. The zero-order valence-electron chi connectivity index (χ0n) is 20.0. The van der Waals surface area contributed by atoms with Gasteiger partial charge < -0.3 is 9.80 Å². The summed E-state index contributed by atoms with van der Waals surface area (Å²) in [5.41, 5.74) is -0.0384. The van der Waals surface area contributed by atoms with Gasteiger partial charge in [0.25, 0.3) is 5.91 Å². The second kappa shape index (κ2) is 11.2. The molecule has 0 radical (unpaired) electrons. The third kappa shape index (κ3) is 5.77. The molecule has 5 nitrogen and oxygen atoms in total. The summed E-state index contributed by atoms with van der Waals surface area (Å²) in [4.78, 5) is 31.8. The molecular weight excluding hydrogens is 531 g/mol. The lowest BCUT2D eigenvalue weighted by atomic mass is 10.1. The molecule has 0 aliphatic carbocycles. The lowest BCUT2D eigenvalue weighted by molar-refractivity contribution is -0.137. The van der Waals surface area contributed by atoms with Crippen LogP contribution in [0.3, 0.4) is 0 Å². The predicted octanol–water partition coefficient (Wildman–Crippen LogP) is 6.10. The number of carbonyl (C=O) groups excluding carboxylic acids is 2. The Hall–Kier alpha value is -2.01. The number of nitrogens with zero attached hydrogens (tertiary/aromatic N) is 3. The number of alkyl halides is 3. The van der Waals surface area contributed by atoms with Crippen LogP contribution in [0.15, 0.2) is 40.7 Å². The van der Waals surface area contributed by atoms with Crippen LogP contribution in [-0.4, -0.2) is 71.8 Å². The summed E-state index contributed by atoms with van der Waals surface area (Å²) in [5, 5.41) is 4.51. The van der Waals surface area contributed by atoms with Gasteiger partial charge in [0.1, 0.15) is 4.88 Å². The second-order valence-corrected chi connectivity index (χ2v) is 11.1. The summed E-state index contributed by atoms with van der Waals surface area (Å²) >= 11 is 8.88. The third-order valence-corrected chi connectivity index (χ3v) is 8.90. The number of benzene rings is 1. The molecular formula is C25H27ClF3N3O2S2. The normalized spacial score (nSPS) is 18.3. The Morgan fingerprint density at radius 1 is 1.17 bits per heavy atom. The maximum absolute atomic E-state index is 13.0. The van der Waals surface area contributed by atoms with E-state index >= 15 is 0 Å². The zero-order valence-corrected chi connectivity index (χ0v) is 22.4. The number of hydrogen-bond donors (Lipinski definition) is 0. The Balaban J connectivity index is 1.30. The third-order valence-electron chi connectivity index (χ3n) is 6.41. The molecule has 0 saturated carbocycles. The first-order chi connectivity index (χ1) is 17.1. The zero-order chi connectivity index (χ0) is 26.0. The molecule has 36 heavy (non-hydrogen) atoms. The quantitative estimate of drug-likeness (QED) is 0.402. The van der Waals surface area contributed by atoms with E-state index in [0.717, 1.165) is 48.6 Å². The molecule has 2 aliphatic heterocycles. The van der Waals surface area contributed by atoms with Crippen LogP contribution < -0.4 is 0 Å². The predicted molar refractivity (Wildman–Crippen MR) is 140 cm³/mol. The molecule has 2 fully saturated rings. The summed E-state index contributed by atoms with van der Waals surface area (Å²) in [7, 11) is 0. The van der Waals surface area contributed by atoms with Crippen LogP contribution in [0.1, 0.15) is 35.5 Å². The topological polar surface area (TPSA) is 43.9 Å². The van der Waals surface area contributed by atoms with E-state index in [9.17, 15) is 22.8 Å². The van der Waals surface area contributed by atoms with Crippen molar-refractivity contribution >= 4 is 56.6 Å². The van der Waals surface area contributed by atoms with Crippen LogP contribution in [-0.2, 0) is 11.0 Å². The summed E-state index contributed by atoms with van der Waals surface area (Å²) in [6.45, 7) is 7.69. The number of thiophene rings is 1. The monoisotopic (exact) mass is 557 g/mol. The van der Waals surface area contributed by atoms with Gasteiger partial charge in [0.05, 0.1) is 10.6 Å². The Kier molecular flexibility index (Phi) is 8.38. The molecule has 0 unspecified atom stereocenters. The Morgan fingerprint density at radius 3 is 2.50 bits per heavy atom. The van der Waals surface area contributed by atoms with E-state index in [0.29, 0.717) is 36.3 Å². The second-order valence-electron chi connectivity index (χ2n) is 8.86. The molecule has 2 aliphatic rings.